The lowest BCUT2D eigenvalue weighted by molar-refractivity contribution is -0.127. The van der Waals surface area contributed by atoms with Crippen LogP contribution in [0.5, 0.6) is 0 Å². The molecule has 4 nitrogen and oxygen atoms in total. The topological polar surface area (TPSA) is 44.7 Å². The third-order valence-electron chi connectivity index (χ3n) is 5.22. The van der Waals surface area contributed by atoms with E-state index in [-0.39, 0.29) is 29.7 Å². The molecule has 0 saturated carbocycles. The summed E-state index contributed by atoms with van der Waals surface area (Å²) in [5, 5.41) is 3.02. The third kappa shape index (κ3) is 20.6. The van der Waals surface area contributed by atoms with Gasteiger partial charge in [-0.2, -0.15) is 0 Å². The van der Waals surface area contributed by atoms with Crippen molar-refractivity contribution in [2.75, 3.05) is 13.1 Å². The number of aliphatic imine (C=N–C) groups is 1. The Morgan fingerprint density at radius 2 is 1.76 bits per heavy atom. The molecule has 0 bridgehead atoms. The number of unbranched alkanes of at least 4 members (excludes halogenated alkanes) is 1. The number of amidine groups is 1. The molecule has 0 aliphatic carbocycles. The monoisotopic (exact) mass is 521 g/mol. The van der Waals surface area contributed by atoms with Gasteiger partial charge in [-0.1, -0.05) is 79.2 Å². The minimum absolute atomic E-state index is 0.0698. The molecule has 0 radical (unpaired) electrons. The first-order valence-corrected chi connectivity index (χ1v) is 14.5. The molecule has 5 heteroatoms. The zero-order chi connectivity index (χ0) is 29.4. The highest BCUT2D eigenvalue weighted by Gasteiger charge is 2.23. The van der Waals surface area contributed by atoms with Gasteiger partial charge in [-0.3, -0.25) is 9.79 Å². The van der Waals surface area contributed by atoms with Gasteiger partial charge in [-0.25, -0.2) is 4.39 Å². The second-order valence-corrected chi connectivity index (χ2v) is 9.43. The average Bonchev–Trinajstić information content (AvgIpc) is 2.89. The van der Waals surface area contributed by atoms with Gasteiger partial charge in [0.2, 0.25) is 5.91 Å². The first-order valence-electron chi connectivity index (χ1n) is 14.5. The molecule has 0 aromatic rings. The van der Waals surface area contributed by atoms with E-state index >= 15 is 0 Å². The fraction of sp³-hybridized carbons (Fsp3) is 0.688. The van der Waals surface area contributed by atoms with Crippen LogP contribution in [0.15, 0.2) is 52.8 Å². The molecule has 0 aromatic heterocycles. The quantitative estimate of drug-likeness (QED) is 0.142. The van der Waals surface area contributed by atoms with E-state index in [1.54, 1.807) is 11.8 Å². The summed E-state index contributed by atoms with van der Waals surface area (Å²) >= 11 is 0. The maximum absolute atomic E-state index is 13.8. The van der Waals surface area contributed by atoms with Crippen molar-refractivity contribution in [2.45, 2.75) is 127 Å². The fourth-order valence-electron chi connectivity index (χ4n) is 3.33. The normalized spacial score (nSPS) is 15.6. The SMILES string of the molecule is C=CC(=O)N1CCCC(N=C(NC(C)C)/C(F)=C\C)C1.CC.CC.CCCCC(/C=C\C(C)C)=C(C)C. The predicted octanol–water partition coefficient (Wildman–Crippen LogP) is 9.21. The Morgan fingerprint density at radius 3 is 2.19 bits per heavy atom. The van der Waals surface area contributed by atoms with Crippen LogP contribution in [0.3, 0.4) is 0 Å². The number of halogens is 1. The van der Waals surface area contributed by atoms with Crippen LogP contribution in [-0.2, 0) is 4.79 Å². The lowest BCUT2D eigenvalue weighted by Gasteiger charge is -2.30. The van der Waals surface area contributed by atoms with Gasteiger partial charge in [0.15, 0.2) is 11.7 Å². The van der Waals surface area contributed by atoms with E-state index < -0.39 is 0 Å². The van der Waals surface area contributed by atoms with Crippen LogP contribution >= 0.6 is 0 Å². The summed E-state index contributed by atoms with van der Waals surface area (Å²) < 4.78 is 13.8. The molecule has 37 heavy (non-hydrogen) atoms. The van der Waals surface area contributed by atoms with Crippen molar-refractivity contribution >= 4 is 11.7 Å². The number of likely N-dealkylation sites (tertiary alicyclic amines) is 1. The molecular formula is C32H60FN3O. The predicted molar refractivity (Wildman–Crippen MR) is 165 cm³/mol. The van der Waals surface area contributed by atoms with Crippen LogP contribution in [0, 0.1) is 5.92 Å². The summed E-state index contributed by atoms with van der Waals surface area (Å²) in [5.74, 6) is 0.497. The first-order chi connectivity index (χ1) is 17.5. The lowest BCUT2D eigenvalue weighted by Crippen LogP contribution is -2.42. The summed E-state index contributed by atoms with van der Waals surface area (Å²) in [7, 11) is 0. The molecular weight excluding hydrogens is 461 g/mol. The van der Waals surface area contributed by atoms with E-state index in [0.29, 0.717) is 12.5 Å². The van der Waals surface area contributed by atoms with Gasteiger partial charge in [0.05, 0.1) is 6.04 Å². The summed E-state index contributed by atoms with van der Waals surface area (Å²) in [6.45, 7) is 29.3. The Hall–Kier alpha value is -2.17. The van der Waals surface area contributed by atoms with Gasteiger partial charge >= 0.3 is 0 Å². The Morgan fingerprint density at radius 1 is 1.16 bits per heavy atom. The molecule has 1 rings (SSSR count). The summed E-state index contributed by atoms with van der Waals surface area (Å²) in [6, 6.07) is 0.0357. The number of carbonyl (C=O) groups is 1. The number of hydrogen-bond donors (Lipinski definition) is 1. The van der Waals surface area contributed by atoms with Crippen molar-refractivity contribution in [1.29, 1.82) is 0 Å². The molecule has 1 fully saturated rings. The Balaban J connectivity index is -0.000000589. The number of nitrogens with one attached hydrogen (secondary N) is 1. The standard InChI is InChI=1S/C15H24FN3O.C13H24.2C2H6/c1-5-13(16)15(17-11(3)4)18-12-8-7-9-19(10-12)14(20)6-2;1-6-7-8-13(12(4)5)10-9-11(2)3;2*1-2/h5-6,11-12H,2,7-10H2,1,3-4H3,(H,17,18);9-11H,6-8H2,1-5H3;2*1-2H3/b13-5+;10-9-;;. The van der Waals surface area contributed by atoms with Crippen molar-refractivity contribution < 1.29 is 9.18 Å². The van der Waals surface area contributed by atoms with Gasteiger partial charge < -0.3 is 10.2 Å². The van der Waals surface area contributed by atoms with Gasteiger partial charge in [0.1, 0.15) is 0 Å². The molecule has 1 saturated heterocycles. The van der Waals surface area contributed by atoms with Crippen molar-refractivity contribution in [3.05, 3.63) is 47.9 Å². The highest BCUT2D eigenvalue weighted by atomic mass is 19.1. The summed E-state index contributed by atoms with van der Waals surface area (Å²) in [5.41, 5.74) is 2.99. The molecule has 1 N–H and O–H groups in total. The van der Waals surface area contributed by atoms with Crippen LogP contribution in [-0.4, -0.2) is 41.8 Å². The van der Waals surface area contributed by atoms with E-state index in [1.807, 2.05) is 41.5 Å². The van der Waals surface area contributed by atoms with Crippen LogP contribution in [0.2, 0.25) is 0 Å². The fourth-order valence-corrected chi connectivity index (χ4v) is 3.33. The van der Waals surface area contributed by atoms with Gasteiger partial charge in [-0.05, 0) is 83.9 Å². The molecule has 1 aliphatic rings. The van der Waals surface area contributed by atoms with Crippen molar-refractivity contribution in [3.8, 4) is 0 Å². The van der Waals surface area contributed by atoms with Crippen LogP contribution < -0.4 is 5.32 Å². The molecule has 0 spiro atoms. The average molecular weight is 522 g/mol. The van der Waals surface area contributed by atoms with Gasteiger partial charge in [0, 0.05) is 19.1 Å². The van der Waals surface area contributed by atoms with Crippen LogP contribution in [0.1, 0.15) is 115 Å². The Bertz CT molecular complexity index is 714. The van der Waals surface area contributed by atoms with E-state index in [0.717, 1.165) is 19.4 Å². The minimum Gasteiger partial charge on any atom is -0.366 e. The zero-order valence-corrected chi connectivity index (χ0v) is 26.4. The number of amides is 1. The number of nitrogens with zero attached hydrogens (tertiary/aromatic N) is 2. The number of allylic oxidation sites excluding steroid dienone is 5. The van der Waals surface area contributed by atoms with E-state index in [2.05, 4.69) is 63.7 Å². The second-order valence-electron chi connectivity index (χ2n) is 9.43. The molecule has 1 atom stereocenters. The number of piperidine rings is 1. The smallest absolute Gasteiger partial charge is 0.246 e. The second kappa shape index (κ2) is 25.5. The molecule has 1 aliphatic heterocycles. The first kappa shape index (κ1) is 39.3. The Labute approximate surface area is 230 Å². The van der Waals surface area contributed by atoms with Crippen molar-refractivity contribution in [1.82, 2.24) is 10.2 Å². The number of carbonyl (C=O) groups excluding carboxylic acids is 1. The number of rotatable bonds is 9. The molecule has 1 amide bonds. The van der Waals surface area contributed by atoms with E-state index in [9.17, 15) is 9.18 Å². The van der Waals surface area contributed by atoms with Crippen molar-refractivity contribution in [3.63, 3.8) is 0 Å². The molecule has 216 valence electrons. The van der Waals surface area contributed by atoms with Gasteiger partial charge in [0.25, 0.3) is 0 Å². The van der Waals surface area contributed by atoms with Crippen molar-refractivity contribution in [2.24, 2.45) is 10.9 Å². The maximum atomic E-state index is 13.8. The largest absolute Gasteiger partial charge is 0.366 e. The number of hydrogen-bond acceptors (Lipinski definition) is 2. The molecule has 1 heterocycles. The van der Waals surface area contributed by atoms with Crippen LogP contribution in [0.25, 0.3) is 0 Å². The minimum atomic E-state index is -0.356. The summed E-state index contributed by atoms with van der Waals surface area (Å²) in [6.07, 6.45) is 12.9. The van der Waals surface area contributed by atoms with Gasteiger partial charge in [-0.15, -0.1) is 0 Å². The highest BCUT2D eigenvalue weighted by Crippen LogP contribution is 2.16. The third-order valence-corrected chi connectivity index (χ3v) is 5.22. The zero-order valence-electron chi connectivity index (χ0n) is 26.4. The highest BCUT2D eigenvalue weighted by molar-refractivity contribution is 5.96. The lowest BCUT2D eigenvalue weighted by atomic mass is 10.0. The Kier molecular flexibility index (Phi) is 27.1. The maximum Gasteiger partial charge on any atom is 0.246 e. The molecule has 1 unspecified atom stereocenters. The van der Waals surface area contributed by atoms with E-state index in [1.165, 1.54) is 42.6 Å². The summed E-state index contributed by atoms with van der Waals surface area (Å²) in [4.78, 5) is 17.8. The van der Waals surface area contributed by atoms with Crippen LogP contribution in [0.4, 0.5) is 4.39 Å². The molecule has 0 aromatic carbocycles. The van der Waals surface area contributed by atoms with E-state index in [4.69, 9.17) is 0 Å².